The lowest BCUT2D eigenvalue weighted by molar-refractivity contribution is -0.662. The molecular formula is C31H29FNO+. The molecule has 0 unspecified atom stereocenters. The van der Waals surface area contributed by atoms with Crippen LogP contribution in [0.4, 0.5) is 4.39 Å². The fourth-order valence-electron chi connectivity index (χ4n) is 5.00. The second-order valence-corrected chi connectivity index (χ2v) is 9.59. The maximum atomic E-state index is 14.7. The standard InChI is InChI=1S/C31H29FNO/c1-18-9-12-25-24-8-6-7-23(20-10-11-21-15-31(3,4)16-22(21)14-20)29(24)34-30(25)28(18)27-13-19(2)26(32)17-33(27)5/h6-14,17H,15-16H2,1-5H3/q+1/i2D3,15D2,16D2. The van der Waals surface area contributed by atoms with Gasteiger partial charge in [0.05, 0.1) is 5.56 Å². The number of nitrogens with zero attached hydrogens (tertiary/aromatic N) is 1. The van der Waals surface area contributed by atoms with Crippen LogP contribution in [0.2, 0.25) is 0 Å². The Kier molecular flexibility index (Phi) is 3.15. The average Bonchev–Trinajstić information content (AvgIpc) is 3.30. The second-order valence-electron chi connectivity index (χ2n) is 9.59. The Balaban J connectivity index is 1.61. The summed E-state index contributed by atoms with van der Waals surface area (Å²) in [5, 5.41) is 1.62. The smallest absolute Gasteiger partial charge is 0.216 e. The highest BCUT2D eigenvalue weighted by Gasteiger charge is 2.29. The zero-order valence-corrected chi connectivity index (χ0v) is 19.5. The van der Waals surface area contributed by atoms with Crippen molar-refractivity contribution in [2.75, 3.05) is 0 Å². The van der Waals surface area contributed by atoms with Crippen LogP contribution in [0, 0.1) is 25.0 Å². The maximum absolute atomic E-state index is 14.7. The number of furan rings is 1. The van der Waals surface area contributed by atoms with E-state index in [1.54, 1.807) is 43.7 Å². The van der Waals surface area contributed by atoms with E-state index in [-0.39, 0.29) is 5.56 Å². The van der Waals surface area contributed by atoms with Crippen LogP contribution >= 0.6 is 0 Å². The Hall–Kier alpha value is -3.46. The number of pyridine rings is 1. The van der Waals surface area contributed by atoms with Crippen LogP contribution in [-0.4, -0.2) is 0 Å². The molecule has 0 aliphatic heterocycles. The summed E-state index contributed by atoms with van der Waals surface area (Å²) >= 11 is 0. The third-order valence-corrected chi connectivity index (χ3v) is 6.58. The SMILES string of the molecule is [2H]C([2H])([2H])c1cc(-c2c(C)ccc3c2oc2c(-c4ccc5c(c4)C([2H])([2H])C(C)(C)C5([2H])[2H])cccc23)[n+](C)cc1F. The molecule has 0 spiro atoms. The number of aromatic nitrogens is 1. The van der Waals surface area contributed by atoms with Crippen molar-refractivity contribution in [3.05, 3.63) is 88.9 Å². The number of benzene rings is 3. The molecule has 0 bridgehead atoms. The van der Waals surface area contributed by atoms with Crippen molar-refractivity contribution in [2.45, 2.75) is 40.4 Å². The predicted molar refractivity (Wildman–Crippen MR) is 136 cm³/mol. The molecule has 1 aliphatic rings. The summed E-state index contributed by atoms with van der Waals surface area (Å²) in [6, 6.07) is 16.1. The molecular weight excluding hydrogens is 421 g/mol. The van der Waals surface area contributed by atoms with Crippen molar-refractivity contribution >= 4 is 21.9 Å². The number of hydrogen-bond donors (Lipinski definition) is 0. The molecule has 0 amide bonds. The first kappa shape index (κ1) is 14.7. The molecule has 3 heteroatoms. The van der Waals surface area contributed by atoms with Crippen LogP contribution in [0.25, 0.3) is 44.3 Å². The minimum Gasteiger partial charge on any atom is -0.454 e. The highest BCUT2D eigenvalue weighted by atomic mass is 19.1. The Morgan fingerprint density at radius 1 is 0.971 bits per heavy atom. The summed E-state index contributed by atoms with van der Waals surface area (Å²) in [7, 11) is 1.66. The van der Waals surface area contributed by atoms with Gasteiger partial charge in [-0.05, 0) is 59.8 Å². The van der Waals surface area contributed by atoms with Crippen molar-refractivity contribution in [3.8, 4) is 22.4 Å². The molecule has 2 nitrogen and oxygen atoms in total. The van der Waals surface area contributed by atoms with E-state index in [1.807, 2.05) is 37.3 Å². The van der Waals surface area contributed by atoms with Crippen molar-refractivity contribution < 1.29 is 23.0 Å². The number of rotatable bonds is 2. The number of fused-ring (bicyclic) bond motifs is 4. The van der Waals surface area contributed by atoms with Crippen molar-refractivity contribution in [2.24, 2.45) is 12.5 Å². The first-order chi connectivity index (χ1) is 19.0. The van der Waals surface area contributed by atoms with Gasteiger partial charge in [0.2, 0.25) is 11.9 Å². The van der Waals surface area contributed by atoms with E-state index in [0.717, 1.165) is 21.9 Å². The molecule has 0 fully saturated rings. The van der Waals surface area contributed by atoms with Gasteiger partial charge in [0.25, 0.3) is 0 Å². The van der Waals surface area contributed by atoms with E-state index in [1.165, 1.54) is 12.3 Å². The first-order valence-corrected chi connectivity index (χ1v) is 11.3. The van der Waals surface area contributed by atoms with E-state index < -0.39 is 30.8 Å². The number of halogens is 1. The normalized spacial score (nSPS) is 21.1. The van der Waals surface area contributed by atoms with Crippen LogP contribution in [0.15, 0.2) is 65.2 Å². The molecule has 1 aliphatic carbocycles. The zero-order valence-electron chi connectivity index (χ0n) is 26.5. The summed E-state index contributed by atoms with van der Waals surface area (Å²) < 4.78 is 81.1. The molecule has 2 heterocycles. The van der Waals surface area contributed by atoms with Gasteiger partial charge in [-0.2, -0.15) is 4.57 Å². The molecule has 34 heavy (non-hydrogen) atoms. The molecule has 0 saturated heterocycles. The van der Waals surface area contributed by atoms with Crippen LogP contribution < -0.4 is 4.57 Å². The van der Waals surface area contributed by atoms with Crippen molar-refractivity contribution in [1.82, 2.24) is 0 Å². The monoisotopic (exact) mass is 457 g/mol. The van der Waals surface area contributed by atoms with Gasteiger partial charge in [0.15, 0.2) is 5.82 Å². The van der Waals surface area contributed by atoms with E-state index in [2.05, 4.69) is 0 Å². The molecule has 6 rings (SSSR count). The fourth-order valence-corrected chi connectivity index (χ4v) is 5.00. The Morgan fingerprint density at radius 2 is 1.76 bits per heavy atom. The van der Waals surface area contributed by atoms with Gasteiger partial charge in [-0.3, -0.25) is 0 Å². The second kappa shape index (κ2) is 7.27. The number of aryl methyl sites for hydroxylation is 3. The van der Waals surface area contributed by atoms with E-state index in [4.69, 9.17) is 14.0 Å². The summed E-state index contributed by atoms with van der Waals surface area (Å²) in [6.07, 6.45) is -2.58. The highest BCUT2D eigenvalue weighted by Crippen LogP contribution is 2.42. The van der Waals surface area contributed by atoms with Crippen molar-refractivity contribution in [3.63, 3.8) is 0 Å². The molecule has 2 aromatic heterocycles. The molecule has 3 aromatic carbocycles. The summed E-state index contributed by atoms with van der Waals surface area (Å²) in [6.45, 7) is 2.49. The summed E-state index contributed by atoms with van der Waals surface area (Å²) in [5.41, 5.74) is 3.52. The minimum absolute atomic E-state index is 0.324. The fraction of sp³-hybridized carbons (Fsp3) is 0.258. The quantitative estimate of drug-likeness (QED) is 0.249. The summed E-state index contributed by atoms with van der Waals surface area (Å²) in [5.74, 6) is -0.808. The van der Waals surface area contributed by atoms with Gasteiger partial charge < -0.3 is 4.42 Å². The first-order valence-electron chi connectivity index (χ1n) is 14.8. The average molecular weight is 458 g/mol. The van der Waals surface area contributed by atoms with Gasteiger partial charge in [0.1, 0.15) is 18.2 Å². The third kappa shape index (κ3) is 3.18. The van der Waals surface area contributed by atoms with Crippen LogP contribution in [-0.2, 0) is 19.8 Å². The number of para-hydroxylation sites is 1. The molecule has 0 atom stereocenters. The van der Waals surface area contributed by atoms with Gasteiger partial charge in [0, 0.05) is 32.0 Å². The van der Waals surface area contributed by atoms with Crippen LogP contribution in [0.3, 0.4) is 0 Å². The maximum Gasteiger partial charge on any atom is 0.216 e. The largest absolute Gasteiger partial charge is 0.454 e. The van der Waals surface area contributed by atoms with Gasteiger partial charge >= 0.3 is 0 Å². The third-order valence-electron chi connectivity index (χ3n) is 6.58. The van der Waals surface area contributed by atoms with Gasteiger partial charge in [-0.1, -0.05) is 62.4 Å². The summed E-state index contributed by atoms with van der Waals surface area (Å²) in [4.78, 5) is 0. The van der Waals surface area contributed by atoms with Crippen molar-refractivity contribution in [1.29, 1.82) is 0 Å². The topological polar surface area (TPSA) is 17.0 Å². The Labute approximate surface area is 209 Å². The Bertz CT molecular complexity index is 1900. The molecule has 0 saturated carbocycles. The number of hydrogen-bond acceptors (Lipinski definition) is 1. The van der Waals surface area contributed by atoms with E-state index >= 15 is 0 Å². The predicted octanol–water partition coefficient (Wildman–Crippen LogP) is 7.63. The van der Waals surface area contributed by atoms with Crippen LogP contribution in [0.5, 0.6) is 0 Å². The van der Waals surface area contributed by atoms with Crippen LogP contribution in [0.1, 0.15) is 45.7 Å². The molecule has 170 valence electrons. The molecule has 5 aromatic rings. The lowest BCUT2D eigenvalue weighted by atomic mass is 9.90. The minimum atomic E-state index is -2.63. The van der Waals surface area contributed by atoms with Gasteiger partial charge in [-0.15, -0.1) is 0 Å². The highest BCUT2D eigenvalue weighted by molar-refractivity contribution is 6.13. The lowest BCUT2D eigenvalue weighted by Gasteiger charge is -2.14. The van der Waals surface area contributed by atoms with E-state index in [0.29, 0.717) is 39.1 Å². The zero-order chi connectivity index (χ0) is 29.9. The van der Waals surface area contributed by atoms with E-state index in [9.17, 15) is 4.39 Å². The molecule has 0 N–H and O–H groups in total. The van der Waals surface area contributed by atoms with Gasteiger partial charge in [-0.25, -0.2) is 4.39 Å². The Morgan fingerprint density at radius 3 is 2.59 bits per heavy atom. The molecule has 0 radical (unpaired) electrons. The lowest BCUT2D eigenvalue weighted by Crippen LogP contribution is -2.31.